The van der Waals surface area contributed by atoms with Crippen LogP contribution in [-0.4, -0.2) is 25.6 Å². The van der Waals surface area contributed by atoms with E-state index in [0.717, 1.165) is 23.7 Å². The molecular formula is C18H15BrF3NO4. The number of carbonyl (C=O) groups excluding carboxylic acids is 2. The molecule has 0 aliphatic heterocycles. The minimum atomic E-state index is -4.69. The van der Waals surface area contributed by atoms with Gasteiger partial charge >= 0.3 is 12.1 Å². The molecule has 0 heterocycles. The van der Waals surface area contributed by atoms with Crippen LogP contribution in [-0.2, 0) is 20.5 Å². The van der Waals surface area contributed by atoms with E-state index in [1.54, 1.807) is 24.3 Å². The average Bonchev–Trinajstić information content (AvgIpc) is 2.64. The zero-order valence-electron chi connectivity index (χ0n) is 14.0. The van der Waals surface area contributed by atoms with E-state index in [4.69, 9.17) is 4.74 Å². The Morgan fingerprint density at radius 3 is 2.33 bits per heavy atom. The molecule has 1 amide bonds. The normalized spacial score (nSPS) is 12.2. The van der Waals surface area contributed by atoms with Gasteiger partial charge in [0.2, 0.25) is 0 Å². The second-order valence-electron chi connectivity index (χ2n) is 5.35. The maximum atomic E-state index is 13.2. The van der Waals surface area contributed by atoms with Gasteiger partial charge in [0, 0.05) is 4.47 Å². The lowest BCUT2D eigenvalue weighted by atomic mass is 9.99. The molecular weight excluding hydrogens is 431 g/mol. The molecule has 2 rings (SSSR count). The van der Waals surface area contributed by atoms with Crippen molar-refractivity contribution >= 4 is 27.8 Å². The van der Waals surface area contributed by atoms with Gasteiger partial charge in [-0.1, -0.05) is 34.1 Å². The lowest BCUT2D eigenvalue weighted by molar-refractivity contribution is -0.147. The van der Waals surface area contributed by atoms with Crippen LogP contribution in [0.5, 0.6) is 5.75 Å². The van der Waals surface area contributed by atoms with Crippen LogP contribution in [0.3, 0.4) is 0 Å². The highest BCUT2D eigenvalue weighted by molar-refractivity contribution is 9.10. The number of esters is 1. The lowest BCUT2D eigenvalue weighted by Gasteiger charge is -2.21. The summed E-state index contributed by atoms with van der Waals surface area (Å²) in [7, 11) is 1.02. The van der Waals surface area contributed by atoms with E-state index in [2.05, 4.69) is 26.0 Å². The number of alkyl halides is 3. The van der Waals surface area contributed by atoms with Crippen molar-refractivity contribution in [1.82, 2.24) is 5.32 Å². The predicted octanol–water partition coefficient (Wildman–Crippen LogP) is 3.88. The molecule has 9 heteroatoms. The third-order valence-electron chi connectivity index (χ3n) is 3.50. The van der Waals surface area contributed by atoms with Crippen LogP contribution in [0.2, 0.25) is 0 Å². The molecule has 2 aromatic rings. The number of ether oxygens (including phenoxy) is 2. The second-order valence-corrected chi connectivity index (χ2v) is 6.27. The number of nitrogens with one attached hydrogen (secondary N) is 1. The number of methoxy groups -OCH3 is 1. The van der Waals surface area contributed by atoms with Gasteiger partial charge in [0.15, 0.2) is 12.6 Å². The number of benzene rings is 2. The SMILES string of the molecule is COC(=O)[C@@H](NC(=O)COc1ccc(Br)cc1)c1ccccc1C(F)(F)F. The van der Waals surface area contributed by atoms with Crippen molar-refractivity contribution in [2.45, 2.75) is 12.2 Å². The molecule has 1 N–H and O–H groups in total. The van der Waals surface area contributed by atoms with Gasteiger partial charge in [-0.25, -0.2) is 4.79 Å². The van der Waals surface area contributed by atoms with Crippen LogP contribution in [0, 0.1) is 0 Å². The molecule has 0 aliphatic rings. The topological polar surface area (TPSA) is 64.6 Å². The van der Waals surface area contributed by atoms with Crippen molar-refractivity contribution in [2.75, 3.05) is 13.7 Å². The van der Waals surface area contributed by atoms with Crippen LogP contribution < -0.4 is 10.1 Å². The summed E-state index contributed by atoms with van der Waals surface area (Å²) in [6, 6.07) is 9.46. The predicted molar refractivity (Wildman–Crippen MR) is 94.0 cm³/mol. The average molecular weight is 446 g/mol. The van der Waals surface area contributed by atoms with Crippen molar-refractivity contribution in [3.05, 3.63) is 64.1 Å². The molecule has 144 valence electrons. The third-order valence-corrected chi connectivity index (χ3v) is 4.03. The Bertz CT molecular complexity index is 809. The summed E-state index contributed by atoms with van der Waals surface area (Å²) in [6.45, 7) is -0.483. The third kappa shape index (κ3) is 5.72. The Kier molecular flexibility index (Phi) is 6.84. The smallest absolute Gasteiger partial charge is 0.416 e. The highest BCUT2D eigenvalue weighted by Gasteiger charge is 2.37. The van der Waals surface area contributed by atoms with Crippen molar-refractivity contribution in [3.8, 4) is 5.75 Å². The fraction of sp³-hybridized carbons (Fsp3) is 0.222. The Hall–Kier alpha value is -2.55. The Morgan fingerprint density at radius 1 is 1.11 bits per heavy atom. The minimum Gasteiger partial charge on any atom is -0.484 e. The first-order chi connectivity index (χ1) is 12.7. The molecule has 5 nitrogen and oxygen atoms in total. The molecule has 0 saturated heterocycles. The largest absolute Gasteiger partial charge is 0.484 e. The summed E-state index contributed by atoms with van der Waals surface area (Å²) in [5, 5.41) is 2.23. The van der Waals surface area contributed by atoms with Gasteiger partial charge in [0.25, 0.3) is 5.91 Å². The molecule has 2 aromatic carbocycles. The minimum absolute atomic E-state index is 0.388. The van der Waals surface area contributed by atoms with Gasteiger partial charge in [-0.15, -0.1) is 0 Å². The van der Waals surface area contributed by atoms with Crippen LogP contribution in [0.1, 0.15) is 17.2 Å². The lowest BCUT2D eigenvalue weighted by Crippen LogP contribution is -2.38. The van der Waals surface area contributed by atoms with Crippen LogP contribution in [0.25, 0.3) is 0 Å². The molecule has 0 radical (unpaired) electrons. The van der Waals surface area contributed by atoms with Gasteiger partial charge < -0.3 is 14.8 Å². The molecule has 0 aromatic heterocycles. The van der Waals surface area contributed by atoms with Crippen molar-refractivity contribution < 1.29 is 32.2 Å². The van der Waals surface area contributed by atoms with E-state index < -0.39 is 41.8 Å². The molecule has 0 aliphatic carbocycles. The van der Waals surface area contributed by atoms with E-state index >= 15 is 0 Å². The van der Waals surface area contributed by atoms with Gasteiger partial charge in [-0.05, 0) is 35.9 Å². The molecule has 0 unspecified atom stereocenters. The summed E-state index contributed by atoms with van der Waals surface area (Å²) in [6.07, 6.45) is -4.69. The summed E-state index contributed by atoms with van der Waals surface area (Å²) in [5.41, 5.74) is -1.44. The fourth-order valence-electron chi connectivity index (χ4n) is 2.27. The van der Waals surface area contributed by atoms with Crippen LogP contribution in [0.15, 0.2) is 53.0 Å². The van der Waals surface area contributed by atoms with Crippen molar-refractivity contribution in [1.29, 1.82) is 0 Å². The Balaban J connectivity index is 2.17. The molecule has 0 fully saturated rings. The Morgan fingerprint density at radius 2 is 1.74 bits per heavy atom. The van der Waals surface area contributed by atoms with E-state index in [-0.39, 0.29) is 0 Å². The highest BCUT2D eigenvalue weighted by atomic mass is 79.9. The number of halogens is 4. The first-order valence-electron chi connectivity index (χ1n) is 7.64. The van der Waals surface area contributed by atoms with E-state index in [1.807, 2.05) is 0 Å². The summed E-state index contributed by atoms with van der Waals surface area (Å²) in [4.78, 5) is 24.1. The summed E-state index contributed by atoms with van der Waals surface area (Å²) >= 11 is 3.25. The number of amides is 1. The Labute approximate surface area is 161 Å². The van der Waals surface area contributed by atoms with E-state index in [9.17, 15) is 22.8 Å². The van der Waals surface area contributed by atoms with Crippen LogP contribution in [0.4, 0.5) is 13.2 Å². The zero-order valence-corrected chi connectivity index (χ0v) is 15.6. The standard InChI is InChI=1S/C18H15BrF3NO4/c1-26-17(25)16(13-4-2-3-5-14(13)18(20,21)22)23-15(24)10-27-12-8-6-11(19)7-9-12/h2-9,16H,10H2,1H3,(H,23,24)/t16-/m0/s1. The quantitative estimate of drug-likeness (QED) is 0.685. The van der Waals surface area contributed by atoms with Crippen molar-refractivity contribution in [3.63, 3.8) is 0 Å². The number of rotatable bonds is 6. The maximum absolute atomic E-state index is 13.2. The molecule has 0 saturated carbocycles. The van der Waals surface area contributed by atoms with E-state index in [0.29, 0.717) is 5.75 Å². The summed E-state index contributed by atoms with van der Waals surface area (Å²) < 4.78 is 50.3. The molecule has 0 spiro atoms. The summed E-state index contributed by atoms with van der Waals surface area (Å²) in [5.74, 6) is -1.41. The van der Waals surface area contributed by atoms with Gasteiger partial charge in [0.05, 0.1) is 12.7 Å². The first-order valence-corrected chi connectivity index (χ1v) is 8.43. The molecule has 0 bridgehead atoms. The molecule has 27 heavy (non-hydrogen) atoms. The van der Waals surface area contributed by atoms with Gasteiger partial charge in [0.1, 0.15) is 5.75 Å². The fourth-order valence-corrected chi connectivity index (χ4v) is 2.54. The number of carbonyl (C=O) groups is 2. The number of hydrogen-bond donors (Lipinski definition) is 1. The van der Waals surface area contributed by atoms with Crippen LogP contribution >= 0.6 is 15.9 Å². The number of hydrogen-bond acceptors (Lipinski definition) is 4. The first kappa shape index (κ1) is 20.8. The van der Waals surface area contributed by atoms with Gasteiger partial charge in [-0.3, -0.25) is 4.79 Å². The van der Waals surface area contributed by atoms with E-state index in [1.165, 1.54) is 12.1 Å². The molecule has 1 atom stereocenters. The van der Waals surface area contributed by atoms with Crippen molar-refractivity contribution in [2.24, 2.45) is 0 Å². The van der Waals surface area contributed by atoms with Gasteiger partial charge in [-0.2, -0.15) is 13.2 Å². The monoisotopic (exact) mass is 445 g/mol. The highest BCUT2D eigenvalue weighted by Crippen LogP contribution is 2.34. The maximum Gasteiger partial charge on any atom is 0.416 e. The second kappa shape index (κ2) is 8.90. The zero-order chi connectivity index (χ0) is 20.0.